The summed E-state index contributed by atoms with van der Waals surface area (Å²) in [6, 6.07) is 9.30. The first kappa shape index (κ1) is 24.0. The number of anilines is 2. The number of carbonyl (C=O) groups excluding carboxylic acids is 1. The van der Waals surface area contributed by atoms with Crippen molar-refractivity contribution in [2.75, 3.05) is 43.1 Å². The number of alkyl halides is 2. The Morgan fingerprint density at radius 1 is 0.973 bits per heavy atom. The molecule has 1 aromatic carbocycles. The van der Waals surface area contributed by atoms with Crippen molar-refractivity contribution >= 4 is 28.7 Å². The van der Waals surface area contributed by atoms with Crippen molar-refractivity contribution in [2.24, 2.45) is 0 Å². The Kier molecular flexibility index (Phi) is 6.62. The Bertz CT molecular complexity index is 1270. The van der Waals surface area contributed by atoms with Crippen LogP contribution in [0.2, 0.25) is 0 Å². The standard InChI is InChI=1S/C26H31F2N7O2/c27-24(28)25-30-19-4-1-2-5-20(19)35(25)22-16-21(33-12-14-37-15-13-33)31-26(32-22)29-17-7-9-18(10-8-17)34-11-3-6-23(34)36/h1-2,4-5,16-18,24H,3,6-15H2,(H,29,31,32)/t17-,18+. The number of fused-ring (bicyclic) bond motifs is 1. The molecule has 1 saturated carbocycles. The van der Waals surface area contributed by atoms with Crippen LogP contribution < -0.4 is 10.2 Å². The van der Waals surface area contributed by atoms with Crippen molar-refractivity contribution in [3.63, 3.8) is 0 Å². The lowest BCUT2D eigenvalue weighted by Gasteiger charge is -2.35. The average molecular weight is 512 g/mol. The minimum absolute atomic E-state index is 0.149. The topological polar surface area (TPSA) is 88.4 Å². The molecule has 3 aromatic rings. The van der Waals surface area contributed by atoms with Gasteiger partial charge in [-0.15, -0.1) is 0 Å². The third kappa shape index (κ3) is 4.84. The number of benzene rings is 1. The van der Waals surface area contributed by atoms with Crippen LogP contribution in [0.15, 0.2) is 30.3 Å². The SMILES string of the molecule is O=C1CCCN1[C@H]1CC[C@@H](Nc2nc(N3CCOCC3)cc(-n3c(C(F)F)nc4ccccc43)n2)CC1. The van der Waals surface area contributed by atoms with Crippen LogP contribution in [0.1, 0.15) is 50.8 Å². The van der Waals surface area contributed by atoms with Crippen molar-refractivity contribution in [3.8, 4) is 5.82 Å². The fourth-order valence-electron chi connectivity index (χ4n) is 5.76. The Hall–Kier alpha value is -3.34. The second-order valence-electron chi connectivity index (χ2n) is 9.94. The molecule has 3 fully saturated rings. The van der Waals surface area contributed by atoms with E-state index in [2.05, 4.69) is 15.2 Å². The number of carbonyl (C=O) groups is 1. The molecule has 0 radical (unpaired) electrons. The minimum atomic E-state index is -2.76. The highest BCUT2D eigenvalue weighted by atomic mass is 19.3. The number of rotatable bonds is 6. The van der Waals surface area contributed by atoms with E-state index in [0.29, 0.717) is 67.4 Å². The van der Waals surface area contributed by atoms with E-state index < -0.39 is 6.43 Å². The van der Waals surface area contributed by atoms with Gasteiger partial charge in [0.2, 0.25) is 11.9 Å². The molecular formula is C26H31F2N7O2. The predicted octanol–water partition coefficient (Wildman–Crippen LogP) is 3.94. The molecule has 11 heteroatoms. The number of para-hydroxylation sites is 2. The molecule has 0 atom stereocenters. The van der Waals surface area contributed by atoms with Gasteiger partial charge in [0.15, 0.2) is 5.82 Å². The van der Waals surface area contributed by atoms with Gasteiger partial charge in [-0.3, -0.25) is 9.36 Å². The van der Waals surface area contributed by atoms with E-state index in [9.17, 15) is 13.6 Å². The molecule has 37 heavy (non-hydrogen) atoms. The van der Waals surface area contributed by atoms with Gasteiger partial charge < -0.3 is 19.9 Å². The van der Waals surface area contributed by atoms with Crippen molar-refractivity contribution in [3.05, 3.63) is 36.2 Å². The zero-order chi connectivity index (χ0) is 25.4. The van der Waals surface area contributed by atoms with E-state index in [1.807, 2.05) is 11.0 Å². The van der Waals surface area contributed by atoms with E-state index in [4.69, 9.17) is 14.7 Å². The summed E-state index contributed by atoms with van der Waals surface area (Å²) in [5, 5.41) is 3.48. The molecule has 2 aromatic heterocycles. The molecule has 196 valence electrons. The van der Waals surface area contributed by atoms with E-state index in [0.717, 1.165) is 38.6 Å². The zero-order valence-corrected chi connectivity index (χ0v) is 20.7. The van der Waals surface area contributed by atoms with Crippen molar-refractivity contribution in [1.82, 2.24) is 24.4 Å². The molecule has 0 bridgehead atoms. The van der Waals surface area contributed by atoms with Crippen molar-refractivity contribution in [2.45, 2.75) is 57.0 Å². The predicted molar refractivity (Wildman–Crippen MR) is 135 cm³/mol. The number of ether oxygens (including phenoxy) is 1. The van der Waals surface area contributed by atoms with E-state index in [1.54, 1.807) is 24.3 Å². The summed E-state index contributed by atoms with van der Waals surface area (Å²) in [4.78, 5) is 30.0. The minimum Gasteiger partial charge on any atom is -0.378 e. The molecule has 0 spiro atoms. The molecule has 1 aliphatic carbocycles. The van der Waals surface area contributed by atoms with Gasteiger partial charge in [-0.25, -0.2) is 13.8 Å². The summed E-state index contributed by atoms with van der Waals surface area (Å²) in [6.07, 6.45) is 2.51. The number of amides is 1. The molecule has 3 aliphatic rings. The van der Waals surface area contributed by atoms with Gasteiger partial charge >= 0.3 is 0 Å². The van der Waals surface area contributed by atoms with Gasteiger partial charge in [-0.05, 0) is 44.2 Å². The fraction of sp³-hybridized carbons (Fsp3) is 0.538. The average Bonchev–Trinajstić information content (AvgIpc) is 3.53. The number of morpholine rings is 1. The van der Waals surface area contributed by atoms with E-state index in [1.165, 1.54) is 4.57 Å². The van der Waals surface area contributed by atoms with Gasteiger partial charge in [0.25, 0.3) is 6.43 Å². The maximum atomic E-state index is 14.1. The lowest BCUT2D eigenvalue weighted by molar-refractivity contribution is -0.130. The van der Waals surface area contributed by atoms with Crippen LogP contribution in [0.4, 0.5) is 20.5 Å². The van der Waals surface area contributed by atoms with Gasteiger partial charge in [-0.2, -0.15) is 9.97 Å². The smallest absolute Gasteiger partial charge is 0.296 e. The molecule has 1 amide bonds. The molecule has 2 aliphatic heterocycles. The second-order valence-corrected chi connectivity index (χ2v) is 9.94. The zero-order valence-electron chi connectivity index (χ0n) is 20.7. The highest BCUT2D eigenvalue weighted by Gasteiger charge is 2.32. The van der Waals surface area contributed by atoms with Crippen LogP contribution in [0.3, 0.4) is 0 Å². The summed E-state index contributed by atoms with van der Waals surface area (Å²) in [5.74, 6) is 1.38. The Morgan fingerprint density at radius 2 is 1.73 bits per heavy atom. The lowest BCUT2D eigenvalue weighted by Crippen LogP contribution is -2.41. The molecule has 6 rings (SSSR count). The van der Waals surface area contributed by atoms with Crippen molar-refractivity contribution < 1.29 is 18.3 Å². The number of halogens is 2. The quantitative estimate of drug-likeness (QED) is 0.536. The second kappa shape index (κ2) is 10.2. The summed E-state index contributed by atoms with van der Waals surface area (Å²) in [7, 11) is 0. The first-order valence-electron chi connectivity index (χ1n) is 13.1. The lowest BCUT2D eigenvalue weighted by atomic mass is 9.90. The number of nitrogens with zero attached hydrogens (tertiary/aromatic N) is 6. The summed E-state index contributed by atoms with van der Waals surface area (Å²) < 4.78 is 35.1. The normalized spacial score (nSPS) is 22.8. The number of hydrogen-bond donors (Lipinski definition) is 1. The van der Waals surface area contributed by atoms with Crippen LogP contribution in [0, 0.1) is 0 Å². The van der Waals surface area contributed by atoms with E-state index >= 15 is 0 Å². The Labute approximate surface area is 213 Å². The molecule has 9 nitrogen and oxygen atoms in total. The van der Waals surface area contributed by atoms with E-state index in [-0.39, 0.29) is 17.8 Å². The Balaban J connectivity index is 1.31. The first-order valence-corrected chi connectivity index (χ1v) is 13.1. The monoisotopic (exact) mass is 511 g/mol. The fourth-order valence-corrected chi connectivity index (χ4v) is 5.76. The highest BCUT2D eigenvalue weighted by molar-refractivity contribution is 5.79. The number of aromatic nitrogens is 4. The summed E-state index contributed by atoms with van der Waals surface area (Å²) >= 11 is 0. The summed E-state index contributed by atoms with van der Waals surface area (Å²) in [6.45, 7) is 3.35. The molecule has 4 heterocycles. The molecule has 1 N–H and O–H groups in total. The van der Waals surface area contributed by atoms with Crippen LogP contribution in [0.5, 0.6) is 0 Å². The van der Waals surface area contributed by atoms with Crippen LogP contribution in [-0.4, -0.2) is 75.3 Å². The van der Waals surface area contributed by atoms with Crippen LogP contribution in [0.25, 0.3) is 16.9 Å². The van der Waals surface area contributed by atoms with Crippen LogP contribution in [-0.2, 0) is 9.53 Å². The van der Waals surface area contributed by atoms with Gasteiger partial charge in [0, 0.05) is 44.2 Å². The van der Waals surface area contributed by atoms with Gasteiger partial charge in [0.1, 0.15) is 11.6 Å². The highest BCUT2D eigenvalue weighted by Crippen LogP contribution is 2.31. The molecular weight excluding hydrogens is 480 g/mol. The van der Waals surface area contributed by atoms with Crippen LogP contribution >= 0.6 is 0 Å². The van der Waals surface area contributed by atoms with Gasteiger partial charge in [-0.1, -0.05) is 12.1 Å². The molecule has 0 unspecified atom stereocenters. The third-order valence-electron chi connectivity index (χ3n) is 7.63. The van der Waals surface area contributed by atoms with Crippen molar-refractivity contribution in [1.29, 1.82) is 0 Å². The maximum absolute atomic E-state index is 14.1. The maximum Gasteiger partial charge on any atom is 0.296 e. The Morgan fingerprint density at radius 3 is 2.46 bits per heavy atom. The first-order chi connectivity index (χ1) is 18.1. The number of likely N-dealkylation sites (tertiary alicyclic amines) is 1. The van der Waals surface area contributed by atoms with Gasteiger partial charge in [0.05, 0.1) is 24.2 Å². The number of nitrogens with one attached hydrogen (secondary N) is 1. The largest absolute Gasteiger partial charge is 0.378 e. The third-order valence-corrected chi connectivity index (χ3v) is 7.63. The number of imidazole rings is 1. The summed E-state index contributed by atoms with van der Waals surface area (Å²) in [5.41, 5.74) is 1.07. The molecule has 2 saturated heterocycles. The number of hydrogen-bond acceptors (Lipinski definition) is 7.